The molecule has 1 N–H and O–H groups in total. The van der Waals surface area contributed by atoms with Crippen LogP contribution in [0.2, 0.25) is 5.02 Å². The van der Waals surface area contributed by atoms with Crippen LogP contribution in [-0.2, 0) is 4.79 Å². The van der Waals surface area contributed by atoms with Gasteiger partial charge in [0, 0.05) is 66.7 Å². The van der Waals surface area contributed by atoms with E-state index in [-0.39, 0.29) is 17.5 Å². The van der Waals surface area contributed by atoms with Gasteiger partial charge < -0.3 is 24.6 Å². The number of nitrogens with one attached hydrogen (secondary N) is 1. The van der Waals surface area contributed by atoms with E-state index in [9.17, 15) is 9.59 Å². The van der Waals surface area contributed by atoms with Crippen molar-refractivity contribution in [2.24, 2.45) is 0 Å². The van der Waals surface area contributed by atoms with Crippen LogP contribution in [0.25, 0.3) is 22.2 Å². The molecule has 1 amide bonds. The number of piperidine rings is 1. The Morgan fingerprint density at radius 3 is 2.60 bits per heavy atom. The van der Waals surface area contributed by atoms with Crippen LogP contribution < -0.4 is 20.3 Å². The quantitative estimate of drug-likeness (QED) is 0.275. The van der Waals surface area contributed by atoms with E-state index in [0.717, 1.165) is 5.69 Å². The van der Waals surface area contributed by atoms with Crippen molar-refractivity contribution in [1.82, 2.24) is 29.3 Å². The summed E-state index contributed by atoms with van der Waals surface area (Å²) in [5.74, 6) is 1.19. The van der Waals surface area contributed by atoms with Crippen molar-refractivity contribution >= 4 is 40.2 Å². The molecule has 12 heteroatoms. The Kier molecular flexibility index (Phi) is 9.22. The Balaban J connectivity index is 1.58. The molecule has 0 bridgehead atoms. The fourth-order valence-electron chi connectivity index (χ4n) is 5.13. The largest absolute Gasteiger partial charge is 0.497 e. The zero-order chi connectivity index (χ0) is 30.5. The number of amides is 1. The van der Waals surface area contributed by atoms with E-state index in [1.807, 2.05) is 42.1 Å². The zero-order valence-electron chi connectivity index (χ0n) is 24.6. The summed E-state index contributed by atoms with van der Waals surface area (Å²) in [5, 5.41) is 4.12. The fraction of sp³-hybridized carbons (Fsp3) is 0.323. The Bertz CT molecular complexity index is 1700. The Morgan fingerprint density at radius 1 is 1.14 bits per heavy atom. The predicted molar refractivity (Wildman–Crippen MR) is 167 cm³/mol. The lowest BCUT2D eigenvalue weighted by Crippen LogP contribution is -2.40. The molecule has 43 heavy (non-hydrogen) atoms. The first-order valence-electron chi connectivity index (χ1n) is 13.9. The first-order valence-corrected chi connectivity index (χ1v) is 14.3. The van der Waals surface area contributed by atoms with Gasteiger partial charge in [0.1, 0.15) is 17.1 Å². The van der Waals surface area contributed by atoms with Crippen molar-refractivity contribution < 1.29 is 14.3 Å². The van der Waals surface area contributed by atoms with Gasteiger partial charge in [-0.15, -0.1) is 0 Å². The van der Waals surface area contributed by atoms with Crippen LogP contribution >= 0.6 is 11.6 Å². The number of aromatic nitrogens is 4. The molecule has 0 aliphatic carbocycles. The molecule has 1 aromatic carbocycles. The monoisotopic (exact) mass is 603 g/mol. The van der Waals surface area contributed by atoms with Gasteiger partial charge in [-0.05, 0) is 51.2 Å². The highest BCUT2D eigenvalue weighted by Gasteiger charge is 2.27. The highest BCUT2D eigenvalue weighted by molar-refractivity contribution is 6.35. The maximum Gasteiger partial charge on any atom is 0.260 e. The Hall–Kier alpha value is -4.48. The summed E-state index contributed by atoms with van der Waals surface area (Å²) in [5.41, 5.74) is 1.80. The van der Waals surface area contributed by atoms with E-state index in [1.54, 1.807) is 54.5 Å². The molecule has 5 rings (SSSR count). The molecule has 11 nitrogen and oxygen atoms in total. The maximum atomic E-state index is 14.4. The lowest BCUT2D eigenvalue weighted by atomic mass is 10.0. The number of benzene rings is 1. The molecule has 1 fully saturated rings. The van der Waals surface area contributed by atoms with Gasteiger partial charge in [0.15, 0.2) is 0 Å². The van der Waals surface area contributed by atoms with Crippen molar-refractivity contribution in [3.63, 3.8) is 0 Å². The summed E-state index contributed by atoms with van der Waals surface area (Å²) in [6, 6.07) is 8.59. The smallest absolute Gasteiger partial charge is 0.260 e. The van der Waals surface area contributed by atoms with Gasteiger partial charge in [-0.25, -0.2) is 4.98 Å². The molecule has 3 aromatic heterocycles. The van der Waals surface area contributed by atoms with Gasteiger partial charge in [0.2, 0.25) is 11.9 Å². The van der Waals surface area contributed by atoms with E-state index in [1.165, 1.54) is 7.11 Å². The van der Waals surface area contributed by atoms with Gasteiger partial charge >= 0.3 is 0 Å². The van der Waals surface area contributed by atoms with Crippen molar-refractivity contribution in [2.75, 3.05) is 53.3 Å². The SMILES string of the molecule is COc1cc(OC)c(Cl)c(-c2cc3cnc(Nc4cccnc4)nc3n(C3CCN(C(=O)/C=C/CN(C)C)CC3)c2=O)c1. The number of anilines is 2. The van der Waals surface area contributed by atoms with Crippen LogP contribution in [0.15, 0.2) is 65.9 Å². The summed E-state index contributed by atoms with van der Waals surface area (Å²) < 4.78 is 12.6. The molecule has 1 aliphatic rings. The maximum absolute atomic E-state index is 14.4. The molecule has 1 aliphatic heterocycles. The number of hydrogen-bond acceptors (Lipinski definition) is 9. The van der Waals surface area contributed by atoms with Crippen LogP contribution in [0, 0.1) is 0 Å². The highest BCUT2D eigenvalue weighted by atomic mass is 35.5. The second-order valence-corrected chi connectivity index (χ2v) is 10.9. The molecular weight excluding hydrogens is 570 g/mol. The first-order chi connectivity index (χ1) is 20.8. The van der Waals surface area contributed by atoms with E-state index < -0.39 is 0 Å². The standard InChI is InChI=1S/C31H34ClN7O4/c1-37(2)12-6-8-27(40)38-13-9-22(10-14-38)39-29-20(18-34-31(36-29)35-21-7-5-11-33-19-21)15-25(30(39)41)24-16-23(42-3)17-26(43-4)28(24)32/h5-8,11,15-19,22H,9-10,12-14H2,1-4H3,(H,34,35,36)/b8-6+. The average molecular weight is 604 g/mol. The lowest BCUT2D eigenvalue weighted by molar-refractivity contribution is -0.127. The van der Waals surface area contributed by atoms with Gasteiger partial charge in [-0.3, -0.25) is 19.1 Å². The minimum absolute atomic E-state index is 0.0354. The van der Waals surface area contributed by atoms with Crippen molar-refractivity contribution in [1.29, 1.82) is 0 Å². The number of halogens is 1. The number of nitrogens with zero attached hydrogens (tertiary/aromatic N) is 6. The number of carbonyl (C=O) groups is 1. The third kappa shape index (κ3) is 6.63. The number of likely N-dealkylation sites (tertiary alicyclic amines) is 1. The minimum atomic E-state index is -0.258. The predicted octanol–water partition coefficient (Wildman–Crippen LogP) is 4.55. The molecule has 0 unspecified atom stereocenters. The number of ether oxygens (including phenoxy) is 2. The van der Waals surface area contributed by atoms with Gasteiger partial charge in [-0.2, -0.15) is 4.98 Å². The number of carbonyl (C=O) groups excluding carboxylic acids is 1. The average Bonchev–Trinajstić information content (AvgIpc) is 3.01. The number of pyridine rings is 2. The summed E-state index contributed by atoms with van der Waals surface area (Å²) in [6.45, 7) is 1.70. The number of hydrogen-bond donors (Lipinski definition) is 1. The van der Waals surface area contributed by atoms with Gasteiger partial charge in [-0.1, -0.05) is 17.7 Å². The molecule has 4 aromatic rings. The second kappa shape index (κ2) is 13.2. The summed E-state index contributed by atoms with van der Waals surface area (Å²) in [4.78, 5) is 44.4. The number of likely N-dealkylation sites (N-methyl/N-ethyl adjacent to an activating group) is 1. The minimum Gasteiger partial charge on any atom is -0.497 e. The summed E-state index contributed by atoms with van der Waals surface area (Å²) in [7, 11) is 6.96. The second-order valence-electron chi connectivity index (χ2n) is 10.5. The van der Waals surface area contributed by atoms with E-state index in [2.05, 4.69) is 15.3 Å². The third-order valence-corrected chi connectivity index (χ3v) is 7.71. The molecule has 0 atom stereocenters. The molecule has 1 saturated heterocycles. The van der Waals surface area contributed by atoms with Crippen molar-refractivity contribution in [3.05, 3.63) is 76.5 Å². The summed E-state index contributed by atoms with van der Waals surface area (Å²) in [6.07, 6.45) is 9.66. The molecule has 0 spiro atoms. The molecule has 0 saturated carbocycles. The summed E-state index contributed by atoms with van der Waals surface area (Å²) >= 11 is 6.73. The van der Waals surface area contributed by atoms with Crippen LogP contribution in [0.1, 0.15) is 18.9 Å². The molecule has 224 valence electrons. The zero-order valence-corrected chi connectivity index (χ0v) is 25.3. The number of rotatable bonds is 9. The van der Waals surface area contributed by atoms with Crippen molar-refractivity contribution in [3.8, 4) is 22.6 Å². The van der Waals surface area contributed by atoms with Crippen LogP contribution in [-0.4, -0.2) is 83.2 Å². The van der Waals surface area contributed by atoms with Crippen molar-refractivity contribution in [2.45, 2.75) is 18.9 Å². The van der Waals surface area contributed by atoms with Crippen LogP contribution in [0.3, 0.4) is 0 Å². The van der Waals surface area contributed by atoms with Crippen LogP contribution in [0.4, 0.5) is 11.6 Å². The van der Waals surface area contributed by atoms with Gasteiger partial charge in [0.05, 0.1) is 31.1 Å². The Labute approximate surface area is 254 Å². The normalized spacial score (nSPS) is 14.0. The number of fused-ring (bicyclic) bond motifs is 1. The lowest BCUT2D eigenvalue weighted by Gasteiger charge is -2.33. The van der Waals surface area contributed by atoms with Crippen LogP contribution in [0.5, 0.6) is 11.5 Å². The van der Waals surface area contributed by atoms with E-state index >= 15 is 0 Å². The Morgan fingerprint density at radius 2 is 1.93 bits per heavy atom. The van der Waals surface area contributed by atoms with E-state index in [0.29, 0.717) is 77.1 Å². The first kappa shape index (κ1) is 30.0. The molecule has 0 radical (unpaired) electrons. The van der Waals surface area contributed by atoms with Gasteiger partial charge in [0.25, 0.3) is 5.56 Å². The highest BCUT2D eigenvalue weighted by Crippen LogP contribution is 2.39. The third-order valence-electron chi connectivity index (χ3n) is 7.32. The topological polar surface area (TPSA) is 115 Å². The number of methoxy groups -OCH3 is 2. The van der Waals surface area contributed by atoms with E-state index in [4.69, 9.17) is 26.1 Å². The molecule has 4 heterocycles. The fourth-order valence-corrected chi connectivity index (χ4v) is 5.42. The molecular formula is C31H34ClN7O4.